The lowest BCUT2D eigenvalue weighted by Gasteiger charge is -2.22. The van der Waals surface area contributed by atoms with Crippen molar-refractivity contribution in [2.45, 2.75) is 6.42 Å². The Morgan fingerprint density at radius 1 is 1.45 bits per heavy atom. The molecule has 0 aliphatic carbocycles. The van der Waals surface area contributed by atoms with Gasteiger partial charge in [0.25, 0.3) is 0 Å². The van der Waals surface area contributed by atoms with Crippen LogP contribution in [0.2, 0.25) is 0 Å². The maximum absolute atomic E-state index is 5.69. The minimum absolute atomic E-state index is 0.462. The van der Waals surface area contributed by atoms with E-state index < -0.39 is 0 Å². The average Bonchev–Trinajstić information content (AvgIpc) is 2.71. The van der Waals surface area contributed by atoms with E-state index in [1.807, 2.05) is 19.2 Å². The Labute approximate surface area is 120 Å². The van der Waals surface area contributed by atoms with Gasteiger partial charge in [0.05, 0.1) is 25.5 Å². The average molecular weight is 280 g/mol. The van der Waals surface area contributed by atoms with Crippen molar-refractivity contribution in [3.63, 3.8) is 0 Å². The third-order valence-electron chi connectivity index (χ3n) is 3.51. The first-order valence-electron chi connectivity index (χ1n) is 7.11. The number of anilines is 1. The molecule has 2 heterocycles. The van der Waals surface area contributed by atoms with Crippen molar-refractivity contribution >= 4 is 5.82 Å². The standard InChI is InChI=1S/C14H24N4O2/c1-15-14-4-3-13(16-17-14)9-12-10-18(5-7-19-2)6-8-20-11-12/h3-4,12H,5-11H2,1-2H3,(H,15,17)/t12-/m0/s1. The highest BCUT2D eigenvalue weighted by atomic mass is 16.5. The summed E-state index contributed by atoms with van der Waals surface area (Å²) in [6.45, 7) is 5.32. The van der Waals surface area contributed by atoms with Gasteiger partial charge in [-0.05, 0) is 18.6 Å². The van der Waals surface area contributed by atoms with E-state index in [1.54, 1.807) is 7.11 Å². The number of nitrogens with zero attached hydrogens (tertiary/aromatic N) is 3. The highest BCUT2D eigenvalue weighted by Gasteiger charge is 2.19. The van der Waals surface area contributed by atoms with Crippen LogP contribution in [0, 0.1) is 5.92 Å². The van der Waals surface area contributed by atoms with Crippen LogP contribution in [0.15, 0.2) is 12.1 Å². The van der Waals surface area contributed by atoms with Crippen molar-refractivity contribution < 1.29 is 9.47 Å². The van der Waals surface area contributed by atoms with Crippen molar-refractivity contribution in [1.82, 2.24) is 15.1 Å². The second kappa shape index (κ2) is 8.14. The lowest BCUT2D eigenvalue weighted by atomic mass is 10.0. The zero-order chi connectivity index (χ0) is 14.2. The van der Waals surface area contributed by atoms with Gasteiger partial charge in [0.1, 0.15) is 5.82 Å². The zero-order valence-corrected chi connectivity index (χ0v) is 12.3. The number of hydrogen-bond donors (Lipinski definition) is 1. The van der Waals surface area contributed by atoms with Gasteiger partial charge in [-0.15, -0.1) is 5.10 Å². The van der Waals surface area contributed by atoms with E-state index in [0.717, 1.165) is 57.4 Å². The lowest BCUT2D eigenvalue weighted by molar-refractivity contribution is 0.118. The van der Waals surface area contributed by atoms with Crippen molar-refractivity contribution in [1.29, 1.82) is 0 Å². The molecule has 20 heavy (non-hydrogen) atoms. The van der Waals surface area contributed by atoms with Gasteiger partial charge in [-0.3, -0.25) is 4.90 Å². The molecule has 1 aromatic rings. The largest absolute Gasteiger partial charge is 0.383 e. The maximum Gasteiger partial charge on any atom is 0.148 e. The molecule has 0 aromatic carbocycles. The fourth-order valence-corrected chi connectivity index (χ4v) is 2.40. The van der Waals surface area contributed by atoms with Gasteiger partial charge in [-0.2, -0.15) is 5.10 Å². The Balaban J connectivity index is 1.88. The second-order valence-corrected chi connectivity index (χ2v) is 5.10. The van der Waals surface area contributed by atoms with E-state index in [0.29, 0.717) is 5.92 Å². The Bertz CT molecular complexity index is 385. The van der Waals surface area contributed by atoms with E-state index in [4.69, 9.17) is 9.47 Å². The molecule has 0 radical (unpaired) electrons. The van der Waals surface area contributed by atoms with Crippen LogP contribution < -0.4 is 5.32 Å². The summed E-state index contributed by atoms with van der Waals surface area (Å²) in [6, 6.07) is 3.99. The molecule has 0 amide bonds. The summed E-state index contributed by atoms with van der Waals surface area (Å²) in [5, 5.41) is 11.3. The van der Waals surface area contributed by atoms with Gasteiger partial charge in [0, 0.05) is 39.7 Å². The number of hydrogen-bond acceptors (Lipinski definition) is 6. The molecule has 1 N–H and O–H groups in total. The fourth-order valence-electron chi connectivity index (χ4n) is 2.40. The molecule has 0 saturated carbocycles. The van der Waals surface area contributed by atoms with Crippen LogP contribution >= 0.6 is 0 Å². The molecule has 6 nitrogen and oxygen atoms in total. The monoisotopic (exact) mass is 280 g/mol. The smallest absolute Gasteiger partial charge is 0.148 e. The quantitative estimate of drug-likeness (QED) is 0.826. The number of aromatic nitrogens is 2. The first-order chi connectivity index (χ1) is 9.81. The molecule has 112 valence electrons. The Morgan fingerprint density at radius 2 is 2.35 bits per heavy atom. The minimum Gasteiger partial charge on any atom is -0.383 e. The number of nitrogens with one attached hydrogen (secondary N) is 1. The van der Waals surface area contributed by atoms with Crippen molar-refractivity contribution in [3.05, 3.63) is 17.8 Å². The summed E-state index contributed by atoms with van der Waals surface area (Å²) >= 11 is 0. The van der Waals surface area contributed by atoms with Crippen molar-refractivity contribution in [2.75, 3.05) is 58.9 Å². The molecular formula is C14H24N4O2. The van der Waals surface area contributed by atoms with Crippen LogP contribution in [-0.2, 0) is 15.9 Å². The predicted molar refractivity (Wildman–Crippen MR) is 77.9 cm³/mol. The molecule has 1 aromatic heterocycles. The Hall–Kier alpha value is -1.24. The molecule has 0 unspecified atom stereocenters. The van der Waals surface area contributed by atoms with E-state index in [1.165, 1.54) is 0 Å². The van der Waals surface area contributed by atoms with Crippen LogP contribution in [0.4, 0.5) is 5.82 Å². The molecule has 1 fully saturated rings. The third-order valence-corrected chi connectivity index (χ3v) is 3.51. The SMILES string of the molecule is CNc1ccc(C[C@@H]2COCCN(CCOC)C2)nn1. The van der Waals surface area contributed by atoms with Gasteiger partial charge >= 0.3 is 0 Å². The summed E-state index contributed by atoms with van der Waals surface area (Å²) in [7, 11) is 3.58. The minimum atomic E-state index is 0.462. The predicted octanol–water partition coefficient (Wildman–Crippen LogP) is 0.656. The van der Waals surface area contributed by atoms with Crippen LogP contribution in [0.1, 0.15) is 5.69 Å². The third kappa shape index (κ3) is 4.70. The summed E-state index contributed by atoms with van der Waals surface area (Å²) in [4.78, 5) is 2.40. The molecule has 1 aliphatic rings. The Morgan fingerprint density at radius 3 is 3.05 bits per heavy atom. The van der Waals surface area contributed by atoms with Gasteiger partial charge < -0.3 is 14.8 Å². The maximum atomic E-state index is 5.69. The highest BCUT2D eigenvalue weighted by Crippen LogP contribution is 2.13. The van der Waals surface area contributed by atoms with Crippen molar-refractivity contribution in [3.8, 4) is 0 Å². The Kier molecular flexibility index (Phi) is 6.17. The second-order valence-electron chi connectivity index (χ2n) is 5.10. The first-order valence-corrected chi connectivity index (χ1v) is 7.11. The molecule has 6 heteroatoms. The molecule has 2 rings (SSSR count). The first kappa shape index (κ1) is 15.2. The highest BCUT2D eigenvalue weighted by molar-refractivity contribution is 5.31. The molecule has 1 aliphatic heterocycles. The van der Waals surface area contributed by atoms with Gasteiger partial charge in [0.2, 0.25) is 0 Å². The summed E-state index contributed by atoms with van der Waals surface area (Å²) in [6.07, 6.45) is 0.903. The van der Waals surface area contributed by atoms with Crippen molar-refractivity contribution in [2.24, 2.45) is 5.92 Å². The molecule has 1 atom stereocenters. The number of ether oxygens (including phenoxy) is 2. The van der Waals surface area contributed by atoms with Crippen LogP contribution in [0.5, 0.6) is 0 Å². The van der Waals surface area contributed by atoms with E-state index in [-0.39, 0.29) is 0 Å². The van der Waals surface area contributed by atoms with Gasteiger partial charge in [-0.1, -0.05) is 0 Å². The molecule has 0 spiro atoms. The number of rotatable bonds is 6. The summed E-state index contributed by atoms with van der Waals surface area (Å²) < 4.78 is 10.8. The zero-order valence-electron chi connectivity index (χ0n) is 12.3. The summed E-state index contributed by atoms with van der Waals surface area (Å²) in [5.74, 6) is 1.26. The normalized spacial score (nSPS) is 20.6. The van der Waals surface area contributed by atoms with Gasteiger partial charge in [-0.25, -0.2) is 0 Å². The van der Waals surface area contributed by atoms with Gasteiger partial charge in [0.15, 0.2) is 0 Å². The van der Waals surface area contributed by atoms with Crippen LogP contribution in [0.3, 0.4) is 0 Å². The van der Waals surface area contributed by atoms with Crippen LogP contribution in [0.25, 0.3) is 0 Å². The van der Waals surface area contributed by atoms with E-state index in [2.05, 4.69) is 20.4 Å². The lowest BCUT2D eigenvalue weighted by Crippen LogP contribution is -2.33. The molecule has 0 bridgehead atoms. The fraction of sp³-hybridized carbons (Fsp3) is 0.714. The van der Waals surface area contributed by atoms with E-state index in [9.17, 15) is 0 Å². The molecular weight excluding hydrogens is 256 g/mol. The number of methoxy groups -OCH3 is 1. The van der Waals surface area contributed by atoms with Crippen LogP contribution in [-0.4, -0.2) is 68.7 Å². The molecule has 1 saturated heterocycles. The summed E-state index contributed by atoms with van der Waals surface area (Å²) in [5.41, 5.74) is 1.02. The topological polar surface area (TPSA) is 59.5 Å². The van der Waals surface area contributed by atoms with E-state index >= 15 is 0 Å².